The van der Waals surface area contributed by atoms with Gasteiger partial charge in [-0.15, -0.1) is 0 Å². The molecular weight excluding hydrogens is 216 g/mol. The van der Waals surface area contributed by atoms with Crippen molar-refractivity contribution < 1.29 is 4.92 Å². The van der Waals surface area contributed by atoms with Crippen molar-refractivity contribution in [2.45, 2.75) is 19.4 Å². The number of aryl methyl sites for hydroxylation is 1. The smallest absolute Gasteiger partial charge is 0.294 e. The Bertz CT molecular complexity index is 550. The van der Waals surface area contributed by atoms with Crippen LogP contribution in [0.4, 0.5) is 5.69 Å². The van der Waals surface area contributed by atoms with Gasteiger partial charge in [0.25, 0.3) is 0 Å². The Balaban J connectivity index is 3.07. The van der Waals surface area contributed by atoms with Crippen molar-refractivity contribution in [3.63, 3.8) is 0 Å². The second-order valence-corrected chi connectivity index (χ2v) is 2.99. The fourth-order valence-corrected chi connectivity index (χ4v) is 1.12. The van der Waals surface area contributed by atoms with Gasteiger partial charge >= 0.3 is 16.9 Å². The average molecular weight is 224 g/mol. The van der Waals surface area contributed by atoms with Crippen LogP contribution >= 0.6 is 0 Å². The number of hydrogen-bond acceptors (Lipinski definition) is 5. The summed E-state index contributed by atoms with van der Waals surface area (Å²) < 4.78 is 1.01. The van der Waals surface area contributed by atoms with E-state index in [0.29, 0.717) is 6.42 Å². The van der Waals surface area contributed by atoms with Gasteiger partial charge in [-0.05, 0) is 6.42 Å². The first-order valence-corrected chi connectivity index (χ1v) is 4.41. The maximum Gasteiger partial charge on any atom is 0.350 e. The molecule has 0 saturated carbocycles. The molecule has 8 heteroatoms. The highest BCUT2D eigenvalue weighted by atomic mass is 16.6. The summed E-state index contributed by atoms with van der Waals surface area (Å²) in [4.78, 5) is 33.6. The molecule has 1 rings (SSSR count). The highest BCUT2D eigenvalue weighted by Crippen LogP contribution is 2.00. The third-order valence-corrected chi connectivity index (χ3v) is 1.88. The standard InChI is InChI=1S/C8H8N4O4/c9-3-1-2-4-11-5-6(12(15)16)7(13)10-8(11)14/h5H,1-2,4H2,(H,10,13,14). The van der Waals surface area contributed by atoms with Crippen LogP contribution in [0.25, 0.3) is 0 Å². The van der Waals surface area contributed by atoms with E-state index in [9.17, 15) is 19.7 Å². The molecule has 0 fully saturated rings. The van der Waals surface area contributed by atoms with E-state index in [0.717, 1.165) is 10.8 Å². The zero-order valence-electron chi connectivity index (χ0n) is 8.17. The number of aromatic amines is 1. The van der Waals surface area contributed by atoms with Crippen molar-refractivity contribution in [2.75, 3.05) is 0 Å². The maximum absolute atomic E-state index is 11.2. The van der Waals surface area contributed by atoms with Gasteiger partial charge in [0, 0.05) is 13.0 Å². The molecule has 1 aromatic rings. The fraction of sp³-hybridized carbons (Fsp3) is 0.375. The summed E-state index contributed by atoms with van der Waals surface area (Å²) in [5.41, 5.74) is -2.42. The van der Waals surface area contributed by atoms with E-state index in [4.69, 9.17) is 5.26 Å². The van der Waals surface area contributed by atoms with Gasteiger partial charge in [-0.2, -0.15) is 5.26 Å². The second-order valence-electron chi connectivity index (χ2n) is 2.99. The molecule has 0 aliphatic carbocycles. The minimum atomic E-state index is -1.02. The molecule has 16 heavy (non-hydrogen) atoms. The van der Waals surface area contributed by atoms with Gasteiger partial charge in [-0.25, -0.2) is 4.79 Å². The summed E-state index contributed by atoms with van der Waals surface area (Å²) in [6.07, 6.45) is 1.51. The summed E-state index contributed by atoms with van der Waals surface area (Å²) in [5.74, 6) is 0. The number of nitrogens with one attached hydrogen (secondary N) is 1. The molecule has 0 unspecified atom stereocenters. The first kappa shape index (κ1) is 11.6. The van der Waals surface area contributed by atoms with Gasteiger partial charge < -0.3 is 0 Å². The Morgan fingerprint density at radius 1 is 1.56 bits per heavy atom. The lowest BCUT2D eigenvalue weighted by Crippen LogP contribution is -2.30. The van der Waals surface area contributed by atoms with Crippen LogP contribution in [0.1, 0.15) is 12.8 Å². The Hall–Kier alpha value is -2.43. The summed E-state index contributed by atoms with van der Waals surface area (Å²) in [6.45, 7) is 0.157. The molecule has 84 valence electrons. The van der Waals surface area contributed by atoms with Crippen molar-refractivity contribution in [1.82, 2.24) is 9.55 Å². The number of unbranched alkanes of at least 4 members (excludes halogenated alkanes) is 1. The zero-order valence-corrected chi connectivity index (χ0v) is 8.17. The minimum absolute atomic E-state index is 0.157. The quantitative estimate of drug-likeness (QED) is 0.429. The van der Waals surface area contributed by atoms with E-state index >= 15 is 0 Å². The van der Waals surface area contributed by atoms with Gasteiger partial charge in [0.1, 0.15) is 0 Å². The van der Waals surface area contributed by atoms with Crippen molar-refractivity contribution >= 4 is 5.69 Å². The van der Waals surface area contributed by atoms with E-state index < -0.39 is 21.9 Å². The van der Waals surface area contributed by atoms with Crippen LogP contribution in [0, 0.1) is 21.4 Å². The van der Waals surface area contributed by atoms with E-state index in [1.165, 1.54) is 0 Å². The monoisotopic (exact) mass is 224 g/mol. The van der Waals surface area contributed by atoms with Crippen molar-refractivity contribution in [1.29, 1.82) is 5.26 Å². The first-order valence-electron chi connectivity index (χ1n) is 4.41. The Morgan fingerprint density at radius 3 is 2.81 bits per heavy atom. The normalized spacial score (nSPS) is 9.69. The molecule has 1 heterocycles. The number of H-pyrrole nitrogens is 1. The fourth-order valence-electron chi connectivity index (χ4n) is 1.12. The highest BCUT2D eigenvalue weighted by molar-refractivity contribution is 5.20. The summed E-state index contributed by atoms with van der Waals surface area (Å²) in [7, 11) is 0. The molecule has 0 saturated heterocycles. The topological polar surface area (TPSA) is 122 Å². The third kappa shape index (κ3) is 2.54. The zero-order chi connectivity index (χ0) is 12.1. The molecule has 0 aliphatic heterocycles. The number of nitrogens with zero attached hydrogens (tertiary/aromatic N) is 3. The number of hydrogen-bond donors (Lipinski definition) is 1. The Labute approximate surface area is 88.9 Å². The van der Waals surface area contributed by atoms with E-state index in [2.05, 4.69) is 0 Å². The SMILES string of the molecule is N#CCCCn1cc([N+](=O)[O-])c(=O)[nH]c1=O. The first-order chi connectivity index (χ1) is 7.56. The van der Waals surface area contributed by atoms with Crippen molar-refractivity contribution in [2.24, 2.45) is 0 Å². The lowest BCUT2D eigenvalue weighted by Gasteiger charge is -2.01. The van der Waals surface area contributed by atoms with Gasteiger partial charge in [0.2, 0.25) is 0 Å². The van der Waals surface area contributed by atoms with Gasteiger partial charge in [0.05, 0.1) is 17.2 Å². The van der Waals surface area contributed by atoms with E-state index in [-0.39, 0.29) is 13.0 Å². The molecule has 0 bridgehead atoms. The van der Waals surface area contributed by atoms with Gasteiger partial charge in [-0.1, -0.05) is 0 Å². The van der Waals surface area contributed by atoms with Crippen LogP contribution in [0.5, 0.6) is 0 Å². The van der Waals surface area contributed by atoms with Crippen LogP contribution < -0.4 is 11.2 Å². The van der Waals surface area contributed by atoms with Crippen LogP contribution in [-0.2, 0) is 6.54 Å². The number of nitriles is 1. The average Bonchev–Trinajstić information content (AvgIpc) is 2.21. The maximum atomic E-state index is 11.2. The molecule has 0 aliphatic rings. The highest BCUT2D eigenvalue weighted by Gasteiger charge is 2.14. The van der Waals surface area contributed by atoms with Crippen LogP contribution in [0.2, 0.25) is 0 Å². The lowest BCUT2D eigenvalue weighted by atomic mass is 10.3. The largest absolute Gasteiger partial charge is 0.350 e. The predicted molar refractivity (Wildman–Crippen MR) is 52.8 cm³/mol. The number of rotatable bonds is 4. The van der Waals surface area contributed by atoms with E-state index in [1.807, 2.05) is 11.1 Å². The van der Waals surface area contributed by atoms with Crippen molar-refractivity contribution in [3.05, 3.63) is 37.1 Å². The third-order valence-electron chi connectivity index (χ3n) is 1.88. The Kier molecular flexibility index (Phi) is 3.55. The minimum Gasteiger partial charge on any atom is -0.294 e. The van der Waals surface area contributed by atoms with Crippen LogP contribution in [0.3, 0.4) is 0 Å². The Morgan fingerprint density at radius 2 is 2.25 bits per heavy atom. The molecule has 0 aromatic carbocycles. The molecule has 8 nitrogen and oxygen atoms in total. The molecule has 0 atom stereocenters. The second kappa shape index (κ2) is 4.88. The molecule has 0 radical (unpaired) electrons. The molecule has 0 spiro atoms. The summed E-state index contributed by atoms with van der Waals surface area (Å²) in [5, 5.41) is 18.7. The van der Waals surface area contributed by atoms with Crippen LogP contribution in [0.15, 0.2) is 15.8 Å². The van der Waals surface area contributed by atoms with Gasteiger partial charge in [-0.3, -0.25) is 24.5 Å². The summed E-state index contributed by atoms with van der Waals surface area (Å²) >= 11 is 0. The number of nitro groups is 1. The van der Waals surface area contributed by atoms with Crippen LogP contribution in [-0.4, -0.2) is 14.5 Å². The van der Waals surface area contributed by atoms with Crippen molar-refractivity contribution in [3.8, 4) is 6.07 Å². The number of aromatic nitrogens is 2. The van der Waals surface area contributed by atoms with Gasteiger partial charge in [0.15, 0.2) is 0 Å². The molecule has 0 amide bonds. The predicted octanol–water partition coefficient (Wildman–Crippen LogP) is -0.251. The molecular formula is C8H8N4O4. The molecule has 1 N–H and O–H groups in total. The lowest BCUT2D eigenvalue weighted by molar-refractivity contribution is -0.386. The van der Waals surface area contributed by atoms with E-state index in [1.54, 1.807) is 0 Å². The molecule has 1 aromatic heterocycles. The summed E-state index contributed by atoms with van der Waals surface area (Å²) in [6, 6.07) is 1.88.